The van der Waals surface area contributed by atoms with E-state index in [9.17, 15) is 9.59 Å². The Kier molecular flexibility index (Phi) is 6.50. The summed E-state index contributed by atoms with van der Waals surface area (Å²) in [5.74, 6) is -0.135. The lowest BCUT2D eigenvalue weighted by molar-refractivity contribution is -0.121. The molecule has 1 aliphatic carbocycles. The lowest BCUT2D eigenvalue weighted by atomic mass is 9.98. The fourth-order valence-corrected chi connectivity index (χ4v) is 3.71. The van der Waals surface area contributed by atoms with Crippen LogP contribution in [0.25, 0.3) is 11.0 Å². The molecule has 1 aliphatic rings. The summed E-state index contributed by atoms with van der Waals surface area (Å²) in [5, 5.41) is 2.90. The van der Waals surface area contributed by atoms with Crippen molar-refractivity contribution in [3.8, 4) is 0 Å². The quantitative estimate of drug-likeness (QED) is 0.737. The Morgan fingerprint density at radius 1 is 1.15 bits per heavy atom. The van der Waals surface area contributed by atoms with Crippen molar-refractivity contribution in [1.29, 1.82) is 0 Å². The van der Waals surface area contributed by atoms with Crippen LogP contribution in [-0.4, -0.2) is 34.3 Å². The Bertz CT molecular complexity index is 787. The molecule has 0 unspecified atom stereocenters. The van der Waals surface area contributed by atoms with Gasteiger partial charge in [-0.1, -0.05) is 31.4 Å². The maximum Gasteiger partial charge on any atom is 0.329 e. The van der Waals surface area contributed by atoms with Crippen LogP contribution < -0.4 is 11.0 Å². The highest BCUT2D eigenvalue weighted by atomic mass is 16.5. The zero-order valence-corrected chi connectivity index (χ0v) is 15.6. The number of ether oxygens (including phenoxy) is 1. The van der Waals surface area contributed by atoms with Crippen LogP contribution in [0.3, 0.4) is 0 Å². The first-order valence-corrected chi connectivity index (χ1v) is 9.77. The van der Waals surface area contributed by atoms with E-state index < -0.39 is 0 Å². The number of hydrogen-bond acceptors (Lipinski definition) is 3. The van der Waals surface area contributed by atoms with Gasteiger partial charge in [-0.3, -0.25) is 13.9 Å². The standard InChI is InChI=1S/C20H29N3O3/c1-2-22-17-11-6-7-12-18(17)23(20(22)25)15-19(24)21-13-8-14-26-16-9-4-3-5-10-16/h6-7,11-12,16H,2-5,8-10,13-15H2,1H3,(H,21,24). The molecule has 0 bridgehead atoms. The van der Waals surface area contributed by atoms with Crippen molar-refractivity contribution in [2.45, 2.75) is 64.6 Å². The molecular weight excluding hydrogens is 330 g/mol. The number of fused-ring (bicyclic) bond motifs is 1. The number of hydrogen-bond donors (Lipinski definition) is 1. The number of carbonyl (C=O) groups is 1. The monoisotopic (exact) mass is 359 g/mol. The first kappa shape index (κ1) is 18.7. The second kappa shape index (κ2) is 9.03. The number of benzene rings is 1. The largest absolute Gasteiger partial charge is 0.378 e. The molecular formula is C20H29N3O3. The number of nitrogens with zero attached hydrogens (tertiary/aromatic N) is 2. The van der Waals surface area contributed by atoms with E-state index in [-0.39, 0.29) is 18.1 Å². The molecule has 1 amide bonds. The van der Waals surface area contributed by atoms with Crippen LogP contribution in [-0.2, 0) is 22.6 Å². The number of para-hydroxylation sites is 2. The third-order valence-electron chi connectivity index (χ3n) is 5.09. The summed E-state index contributed by atoms with van der Waals surface area (Å²) < 4.78 is 9.11. The third-order valence-corrected chi connectivity index (χ3v) is 5.09. The highest BCUT2D eigenvalue weighted by molar-refractivity contribution is 5.80. The van der Waals surface area contributed by atoms with Crippen molar-refractivity contribution in [2.24, 2.45) is 0 Å². The number of aromatic nitrogens is 2. The van der Waals surface area contributed by atoms with E-state index in [1.54, 1.807) is 9.13 Å². The van der Waals surface area contributed by atoms with Crippen LogP contribution >= 0.6 is 0 Å². The van der Waals surface area contributed by atoms with Crippen molar-refractivity contribution < 1.29 is 9.53 Å². The summed E-state index contributed by atoms with van der Waals surface area (Å²) >= 11 is 0. The number of amides is 1. The van der Waals surface area contributed by atoms with Gasteiger partial charge < -0.3 is 10.1 Å². The van der Waals surface area contributed by atoms with Crippen molar-refractivity contribution >= 4 is 16.9 Å². The summed E-state index contributed by atoms with van der Waals surface area (Å²) in [7, 11) is 0. The Balaban J connectivity index is 1.48. The second-order valence-corrected chi connectivity index (χ2v) is 6.94. The van der Waals surface area contributed by atoms with Gasteiger partial charge in [-0.15, -0.1) is 0 Å². The van der Waals surface area contributed by atoms with Crippen LogP contribution in [0.15, 0.2) is 29.1 Å². The van der Waals surface area contributed by atoms with Gasteiger partial charge in [0, 0.05) is 19.7 Å². The van der Waals surface area contributed by atoms with Gasteiger partial charge >= 0.3 is 5.69 Å². The van der Waals surface area contributed by atoms with Crippen LogP contribution in [0.5, 0.6) is 0 Å². The zero-order chi connectivity index (χ0) is 18.4. The van der Waals surface area contributed by atoms with Crippen molar-refractivity contribution in [3.05, 3.63) is 34.7 Å². The number of carbonyl (C=O) groups excluding carboxylic acids is 1. The predicted molar refractivity (Wildman–Crippen MR) is 102 cm³/mol. The van der Waals surface area contributed by atoms with Crippen LogP contribution in [0, 0.1) is 0 Å². The molecule has 1 N–H and O–H groups in total. The summed E-state index contributed by atoms with van der Waals surface area (Å²) in [6.07, 6.45) is 7.38. The Morgan fingerprint density at radius 2 is 1.85 bits per heavy atom. The van der Waals surface area contributed by atoms with Gasteiger partial charge in [0.05, 0.1) is 17.1 Å². The van der Waals surface area contributed by atoms with E-state index in [1.165, 1.54) is 19.3 Å². The topological polar surface area (TPSA) is 65.3 Å². The molecule has 1 fully saturated rings. The average Bonchev–Trinajstić information content (AvgIpc) is 2.93. The van der Waals surface area contributed by atoms with Crippen molar-refractivity contribution in [1.82, 2.24) is 14.5 Å². The van der Waals surface area contributed by atoms with Crippen LogP contribution in [0.2, 0.25) is 0 Å². The molecule has 0 spiro atoms. The molecule has 6 nitrogen and oxygen atoms in total. The van der Waals surface area contributed by atoms with E-state index in [0.717, 1.165) is 30.3 Å². The molecule has 3 rings (SSSR count). The normalized spacial score (nSPS) is 15.4. The predicted octanol–water partition coefficient (Wildman–Crippen LogP) is 2.68. The Morgan fingerprint density at radius 3 is 2.54 bits per heavy atom. The minimum Gasteiger partial charge on any atom is -0.378 e. The first-order chi connectivity index (χ1) is 12.7. The summed E-state index contributed by atoms with van der Waals surface area (Å²) in [6, 6.07) is 7.59. The van der Waals surface area contributed by atoms with Gasteiger partial charge in [0.1, 0.15) is 6.54 Å². The fraction of sp³-hybridized carbons (Fsp3) is 0.600. The first-order valence-electron chi connectivity index (χ1n) is 9.77. The van der Waals surface area contributed by atoms with Gasteiger partial charge in [-0.25, -0.2) is 4.79 Å². The molecule has 26 heavy (non-hydrogen) atoms. The lowest BCUT2D eigenvalue weighted by Crippen LogP contribution is -2.33. The highest BCUT2D eigenvalue weighted by Crippen LogP contribution is 2.20. The van der Waals surface area contributed by atoms with E-state index >= 15 is 0 Å². The van der Waals surface area contributed by atoms with Crippen molar-refractivity contribution in [3.63, 3.8) is 0 Å². The van der Waals surface area contributed by atoms with Crippen LogP contribution in [0.4, 0.5) is 0 Å². The minimum atomic E-state index is -0.135. The maximum absolute atomic E-state index is 12.5. The molecule has 0 saturated heterocycles. The summed E-state index contributed by atoms with van der Waals surface area (Å²) in [6.45, 7) is 3.83. The van der Waals surface area contributed by atoms with E-state index in [0.29, 0.717) is 25.8 Å². The number of aryl methyl sites for hydroxylation is 1. The average molecular weight is 359 g/mol. The number of imidazole rings is 1. The molecule has 142 valence electrons. The van der Waals surface area contributed by atoms with Gasteiger partial charge in [-0.05, 0) is 38.3 Å². The summed E-state index contributed by atoms with van der Waals surface area (Å²) in [5.41, 5.74) is 1.54. The Hall–Kier alpha value is -2.08. The van der Waals surface area contributed by atoms with Gasteiger partial charge in [0.15, 0.2) is 0 Å². The molecule has 1 heterocycles. The number of rotatable bonds is 8. The van der Waals surface area contributed by atoms with E-state index in [1.807, 2.05) is 31.2 Å². The fourth-order valence-electron chi connectivity index (χ4n) is 3.71. The molecule has 6 heteroatoms. The molecule has 1 saturated carbocycles. The van der Waals surface area contributed by atoms with Gasteiger partial charge in [0.25, 0.3) is 0 Å². The van der Waals surface area contributed by atoms with E-state index in [4.69, 9.17) is 4.74 Å². The molecule has 0 radical (unpaired) electrons. The van der Waals surface area contributed by atoms with E-state index in [2.05, 4.69) is 5.32 Å². The van der Waals surface area contributed by atoms with Gasteiger partial charge in [-0.2, -0.15) is 0 Å². The summed E-state index contributed by atoms with van der Waals surface area (Å²) in [4.78, 5) is 24.8. The molecule has 2 aromatic rings. The van der Waals surface area contributed by atoms with Crippen molar-refractivity contribution in [2.75, 3.05) is 13.2 Å². The van der Waals surface area contributed by atoms with Crippen LogP contribution in [0.1, 0.15) is 45.4 Å². The molecule has 1 aromatic carbocycles. The minimum absolute atomic E-state index is 0.0514. The maximum atomic E-state index is 12.5. The zero-order valence-electron chi connectivity index (χ0n) is 15.6. The molecule has 0 atom stereocenters. The Labute approximate surface area is 154 Å². The SMILES string of the molecule is CCn1c(=O)n(CC(=O)NCCCOC2CCCCC2)c2ccccc21. The third kappa shape index (κ3) is 4.36. The molecule has 1 aromatic heterocycles. The smallest absolute Gasteiger partial charge is 0.329 e. The van der Waals surface area contributed by atoms with Gasteiger partial charge in [0.2, 0.25) is 5.91 Å². The second-order valence-electron chi connectivity index (χ2n) is 6.94. The highest BCUT2D eigenvalue weighted by Gasteiger charge is 2.15. The number of nitrogens with one attached hydrogen (secondary N) is 1. The lowest BCUT2D eigenvalue weighted by Gasteiger charge is -2.21. The molecule has 0 aliphatic heterocycles.